The molecule has 31 heavy (non-hydrogen) atoms. The van der Waals surface area contributed by atoms with Crippen LogP contribution in [0, 0.1) is 0 Å². The molecule has 8 nitrogen and oxygen atoms in total. The van der Waals surface area contributed by atoms with Crippen molar-refractivity contribution in [2.75, 3.05) is 54.1 Å². The first-order valence-electron chi connectivity index (χ1n) is 10.6. The molecule has 2 rings (SSSR count). The summed E-state index contributed by atoms with van der Waals surface area (Å²) in [7, 11) is 5.61. The third-order valence-electron chi connectivity index (χ3n) is 4.51. The number of nitrogens with zero attached hydrogens (tertiary/aromatic N) is 3. The van der Waals surface area contributed by atoms with E-state index in [4.69, 9.17) is 14.2 Å². The van der Waals surface area contributed by atoms with Gasteiger partial charge >= 0.3 is 0 Å². The summed E-state index contributed by atoms with van der Waals surface area (Å²) < 4.78 is 16.4. The van der Waals surface area contributed by atoms with Crippen LogP contribution in [-0.2, 0) is 11.3 Å². The zero-order valence-electron chi connectivity index (χ0n) is 19.1. The number of nitrogens with one attached hydrogen (secondary N) is 2. The topological polar surface area (TPSA) is 80.2 Å². The van der Waals surface area contributed by atoms with E-state index in [1.807, 2.05) is 43.3 Å². The number of rotatable bonds is 13. The van der Waals surface area contributed by atoms with Crippen molar-refractivity contribution in [3.63, 3.8) is 0 Å². The maximum atomic E-state index is 5.86. The summed E-state index contributed by atoms with van der Waals surface area (Å²) in [6.07, 6.45) is 2.77. The van der Waals surface area contributed by atoms with Crippen LogP contribution in [0.2, 0.25) is 0 Å². The Morgan fingerprint density at radius 1 is 1.10 bits per heavy atom. The van der Waals surface area contributed by atoms with Gasteiger partial charge in [-0.2, -0.15) is 0 Å². The molecule has 8 heteroatoms. The smallest absolute Gasteiger partial charge is 0.219 e. The molecule has 0 saturated carbocycles. The highest BCUT2D eigenvalue weighted by Gasteiger charge is 2.04. The van der Waals surface area contributed by atoms with Gasteiger partial charge in [0.15, 0.2) is 5.96 Å². The van der Waals surface area contributed by atoms with Crippen molar-refractivity contribution < 1.29 is 14.2 Å². The van der Waals surface area contributed by atoms with Crippen molar-refractivity contribution in [1.29, 1.82) is 0 Å². The Labute approximate surface area is 185 Å². The fourth-order valence-corrected chi connectivity index (χ4v) is 2.87. The Hall–Kier alpha value is -2.84. The van der Waals surface area contributed by atoms with Crippen LogP contribution in [0.5, 0.6) is 17.4 Å². The van der Waals surface area contributed by atoms with Gasteiger partial charge in [0.1, 0.15) is 11.5 Å². The Morgan fingerprint density at radius 3 is 2.58 bits per heavy atom. The van der Waals surface area contributed by atoms with Crippen LogP contribution in [-0.4, -0.2) is 69.9 Å². The maximum Gasteiger partial charge on any atom is 0.219 e. The fraction of sp³-hybridized carbons (Fsp3) is 0.478. The van der Waals surface area contributed by atoms with Gasteiger partial charge in [-0.25, -0.2) is 4.98 Å². The molecule has 170 valence electrons. The van der Waals surface area contributed by atoms with E-state index in [1.165, 1.54) is 0 Å². The molecule has 0 fully saturated rings. The molecule has 1 aromatic heterocycles. The Bertz CT molecular complexity index is 783. The summed E-state index contributed by atoms with van der Waals surface area (Å²) in [5.41, 5.74) is 1.05. The molecular weight excluding hydrogens is 394 g/mol. The van der Waals surface area contributed by atoms with Crippen molar-refractivity contribution in [3.05, 3.63) is 48.2 Å². The largest absolute Gasteiger partial charge is 0.494 e. The zero-order chi connectivity index (χ0) is 22.3. The average molecular weight is 430 g/mol. The lowest BCUT2D eigenvalue weighted by Gasteiger charge is -2.18. The lowest BCUT2D eigenvalue weighted by molar-refractivity contribution is 0.180. The van der Waals surface area contributed by atoms with Gasteiger partial charge in [-0.1, -0.05) is 0 Å². The molecule has 0 aliphatic rings. The second kappa shape index (κ2) is 14.2. The molecule has 0 aliphatic carbocycles. The van der Waals surface area contributed by atoms with Gasteiger partial charge in [0, 0.05) is 59.2 Å². The molecular formula is C23H35N5O3. The van der Waals surface area contributed by atoms with Crippen LogP contribution in [0.1, 0.15) is 18.9 Å². The molecule has 0 atom stereocenters. The van der Waals surface area contributed by atoms with Crippen LogP contribution < -0.4 is 20.1 Å². The SMILES string of the molecule is CCOc1ccc(Oc2cc(CNC(=NC)NCCN(C)CCCOC)ccn2)cc1. The van der Waals surface area contributed by atoms with Gasteiger partial charge in [-0.05, 0) is 56.3 Å². The van der Waals surface area contributed by atoms with Gasteiger partial charge in [-0.15, -0.1) is 0 Å². The molecule has 1 aromatic carbocycles. The molecule has 0 radical (unpaired) electrons. The first-order chi connectivity index (χ1) is 15.1. The standard InChI is InChI=1S/C23H35N5O3/c1-5-30-20-7-9-21(10-8-20)31-22-17-19(11-12-25-22)18-27-23(24-2)26-13-15-28(3)14-6-16-29-4/h7-12,17H,5-6,13-16,18H2,1-4H3,(H2,24,26,27). The number of aliphatic imine (C=N–C) groups is 1. The highest BCUT2D eigenvalue weighted by Crippen LogP contribution is 2.23. The monoisotopic (exact) mass is 429 g/mol. The van der Waals surface area contributed by atoms with E-state index in [1.54, 1.807) is 20.4 Å². The summed E-state index contributed by atoms with van der Waals surface area (Å²) in [6.45, 7) is 6.75. The predicted octanol–water partition coefficient (Wildman–Crippen LogP) is 2.91. The second-order valence-electron chi connectivity index (χ2n) is 7.01. The van der Waals surface area contributed by atoms with E-state index in [0.717, 1.165) is 49.9 Å². The summed E-state index contributed by atoms with van der Waals surface area (Å²) in [5.74, 6) is 2.84. The zero-order valence-corrected chi connectivity index (χ0v) is 19.1. The number of aromatic nitrogens is 1. The van der Waals surface area contributed by atoms with E-state index in [9.17, 15) is 0 Å². The second-order valence-corrected chi connectivity index (χ2v) is 7.01. The van der Waals surface area contributed by atoms with Crippen LogP contribution >= 0.6 is 0 Å². The lowest BCUT2D eigenvalue weighted by Crippen LogP contribution is -2.40. The molecule has 0 amide bonds. The molecule has 2 aromatic rings. The number of methoxy groups -OCH3 is 1. The first kappa shape index (κ1) is 24.4. The summed E-state index contributed by atoms with van der Waals surface area (Å²) >= 11 is 0. The van der Waals surface area contributed by atoms with Crippen molar-refractivity contribution in [1.82, 2.24) is 20.5 Å². The van der Waals surface area contributed by atoms with Crippen LogP contribution in [0.15, 0.2) is 47.6 Å². The molecule has 1 heterocycles. The highest BCUT2D eigenvalue weighted by atomic mass is 16.5. The minimum absolute atomic E-state index is 0.545. The van der Waals surface area contributed by atoms with Crippen LogP contribution in [0.3, 0.4) is 0 Å². The van der Waals surface area contributed by atoms with Crippen molar-refractivity contribution in [2.24, 2.45) is 4.99 Å². The number of pyridine rings is 1. The number of benzene rings is 1. The van der Waals surface area contributed by atoms with E-state index in [0.29, 0.717) is 24.8 Å². The minimum atomic E-state index is 0.545. The van der Waals surface area contributed by atoms with Crippen molar-refractivity contribution >= 4 is 5.96 Å². The Kier molecular flexibility index (Phi) is 11.2. The van der Waals surface area contributed by atoms with Gasteiger partial charge < -0.3 is 29.7 Å². The van der Waals surface area contributed by atoms with Gasteiger partial charge in [0.2, 0.25) is 5.88 Å². The van der Waals surface area contributed by atoms with Crippen molar-refractivity contribution in [2.45, 2.75) is 19.9 Å². The highest BCUT2D eigenvalue weighted by molar-refractivity contribution is 5.79. The van der Waals surface area contributed by atoms with Crippen molar-refractivity contribution in [3.8, 4) is 17.4 Å². The van der Waals surface area contributed by atoms with Gasteiger partial charge in [0.05, 0.1) is 6.61 Å². The number of hydrogen-bond donors (Lipinski definition) is 2. The van der Waals surface area contributed by atoms with Crippen LogP contribution in [0.25, 0.3) is 0 Å². The quantitative estimate of drug-likeness (QED) is 0.288. The number of likely N-dealkylation sites (N-methyl/N-ethyl adjacent to an activating group) is 1. The Morgan fingerprint density at radius 2 is 1.87 bits per heavy atom. The molecule has 0 spiro atoms. The Balaban J connectivity index is 1.78. The third kappa shape index (κ3) is 9.67. The lowest BCUT2D eigenvalue weighted by atomic mass is 10.2. The summed E-state index contributed by atoms with van der Waals surface area (Å²) in [5, 5.41) is 6.66. The van der Waals surface area contributed by atoms with Gasteiger partial charge in [-0.3, -0.25) is 4.99 Å². The number of guanidine groups is 1. The van der Waals surface area contributed by atoms with E-state index in [2.05, 4.69) is 32.6 Å². The minimum Gasteiger partial charge on any atom is -0.494 e. The normalized spacial score (nSPS) is 11.5. The molecule has 0 bridgehead atoms. The number of ether oxygens (including phenoxy) is 3. The molecule has 0 aliphatic heterocycles. The first-order valence-corrected chi connectivity index (χ1v) is 10.6. The fourth-order valence-electron chi connectivity index (χ4n) is 2.87. The number of hydrogen-bond acceptors (Lipinski definition) is 6. The molecule has 2 N–H and O–H groups in total. The maximum absolute atomic E-state index is 5.86. The van der Waals surface area contributed by atoms with E-state index in [-0.39, 0.29) is 0 Å². The van der Waals surface area contributed by atoms with Crippen LogP contribution in [0.4, 0.5) is 0 Å². The summed E-state index contributed by atoms with van der Waals surface area (Å²) in [4.78, 5) is 10.9. The molecule has 0 unspecified atom stereocenters. The molecule has 0 saturated heterocycles. The third-order valence-corrected chi connectivity index (χ3v) is 4.51. The predicted molar refractivity (Wildman–Crippen MR) is 124 cm³/mol. The average Bonchev–Trinajstić information content (AvgIpc) is 2.78. The van der Waals surface area contributed by atoms with E-state index >= 15 is 0 Å². The van der Waals surface area contributed by atoms with Gasteiger partial charge in [0.25, 0.3) is 0 Å². The van der Waals surface area contributed by atoms with E-state index < -0.39 is 0 Å². The summed E-state index contributed by atoms with van der Waals surface area (Å²) in [6, 6.07) is 11.4.